The predicted octanol–water partition coefficient (Wildman–Crippen LogP) is 2.73. The van der Waals surface area contributed by atoms with Crippen LogP contribution in [-0.2, 0) is 23.8 Å². The SMILES string of the molecule is CC(C)OC(=O)/C=C/C(=O)OC[C@H](C)NC(=O)OCC1CCCCC1. The van der Waals surface area contributed by atoms with Gasteiger partial charge in [0.2, 0.25) is 0 Å². The standard InChI is InChI=1S/C18H29NO6/c1-13(2)25-17(21)10-9-16(20)23-11-14(3)19-18(22)24-12-15-7-5-4-6-8-15/h9-10,13-15H,4-8,11-12H2,1-3H3,(H,19,22)/b10-9+/t14-/m0/s1. The van der Waals surface area contributed by atoms with Crippen molar-refractivity contribution in [3.8, 4) is 0 Å². The first-order valence-corrected chi connectivity index (χ1v) is 8.85. The highest BCUT2D eigenvalue weighted by Gasteiger charge is 2.16. The molecule has 1 saturated carbocycles. The summed E-state index contributed by atoms with van der Waals surface area (Å²) in [4.78, 5) is 34.5. The van der Waals surface area contributed by atoms with Crippen molar-refractivity contribution >= 4 is 18.0 Å². The molecular weight excluding hydrogens is 326 g/mol. The van der Waals surface area contributed by atoms with Crippen LogP contribution in [0, 0.1) is 5.92 Å². The predicted molar refractivity (Wildman–Crippen MR) is 91.8 cm³/mol. The molecule has 0 aromatic carbocycles. The van der Waals surface area contributed by atoms with Gasteiger partial charge >= 0.3 is 18.0 Å². The summed E-state index contributed by atoms with van der Waals surface area (Å²) < 4.78 is 15.0. The third-order valence-corrected chi connectivity index (χ3v) is 3.72. The first kappa shape index (κ1) is 21.0. The van der Waals surface area contributed by atoms with Gasteiger partial charge < -0.3 is 19.5 Å². The van der Waals surface area contributed by atoms with E-state index in [2.05, 4.69) is 5.32 Å². The minimum atomic E-state index is -0.676. The van der Waals surface area contributed by atoms with Crippen molar-refractivity contribution in [2.45, 2.75) is 65.0 Å². The molecule has 1 amide bonds. The number of ether oxygens (including phenoxy) is 3. The Kier molecular flexibility index (Phi) is 9.65. The molecule has 0 unspecified atom stereocenters. The Bertz CT molecular complexity index is 468. The fraction of sp³-hybridized carbons (Fsp3) is 0.722. The van der Waals surface area contributed by atoms with Crippen LogP contribution in [0.2, 0.25) is 0 Å². The largest absolute Gasteiger partial charge is 0.460 e. The zero-order chi connectivity index (χ0) is 18.7. The molecule has 25 heavy (non-hydrogen) atoms. The van der Waals surface area contributed by atoms with E-state index in [1.807, 2.05) is 0 Å². The summed E-state index contributed by atoms with van der Waals surface area (Å²) in [5, 5.41) is 2.61. The highest BCUT2D eigenvalue weighted by Crippen LogP contribution is 2.23. The summed E-state index contributed by atoms with van der Waals surface area (Å²) >= 11 is 0. The van der Waals surface area contributed by atoms with Gasteiger partial charge in [-0.1, -0.05) is 19.3 Å². The van der Waals surface area contributed by atoms with Crippen molar-refractivity contribution in [1.29, 1.82) is 0 Å². The van der Waals surface area contributed by atoms with Crippen molar-refractivity contribution in [3.63, 3.8) is 0 Å². The molecule has 0 saturated heterocycles. The summed E-state index contributed by atoms with van der Waals surface area (Å²) in [6, 6.07) is -0.390. The third-order valence-electron chi connectivity index (χ3n) is 3.72. The monoisotopic (exact) mass is 355 g/mol. The summed E-state index contributed by atoms with van der Waals surface area (Å²) in [5.41, 5.74) is 0. The van der Waals surface area contributed by atoms with Crippen LogP contribution in [0.5, 0.6) is 0 Å². The van der Waals surface area contributed by atoms with E-state index < -0.39 is 18.0 Å². The molecule has 1 aliphatic carbocycles. The minimum Gasteiger partial charge on any atom is -0.460 e. The highest BCUT2D eigenvalue weighted by atomic mass is 16.6. The van der Waals surface area contributed by atoms with Gasteiger partial charge in [0, 0.05) is 12.2 Å². The summed E-state index contributed by atoms with van der Waals surface area (Å²) in [5.74, 6) is -0.835. The van der Waals surface area contributed by atoms with Gasteiger partial charge in [0.25, 0.3) is 0 Å². The van der Waals surface area contributed by atoms with Crippen LogP contribution in [0.15, 0.2) is 12.2 Å². The number of hydrogen-bond acceptors (Lipinski definition) is 6. The molecule has 0 radical (unpaired) electrons. The minimum absolute atomic E-state index is 0.0130. The lowest BCUT2D eigenvalue weighted by molar-refractivity contribution is -0.143. The Morgan fingerprint density at radius 1 is 1.00 bits per heavy atom. The first-order chi connectivity index (χ1) is 11.9. The lowest BCUT2D eigenvalue weighted by Crippen LogP contribution is -2.37. The number of rotatable bonds is 8. The van der Waals surface area contributed by atoms with Crippen LogP contribution in [0.3, 0.4) is 0 Å². The lowest BCUT2D eigenvalue weighted by Gasteiger charge is -2.21. The zero-order valence-electron chi connectivity index (χ0n) is 15.3. The average Bonchev–Trinajstić information content (AvgIpc) is 2.56. The van der Waals surface area contributed by atoms with E-state index in [-0.39, 0.29) is 18.8 Å². The molecule has 7 nitrogen and oxygen atoms in total. The number of alkyl carbamates (subject to hydrolysis) is 1. The number of esters is 2. The molecule has 0 heterocycles. The molecule has 1 N–H and O–H groups in total. The van der Waals surface area contributed by atoms with Crippen molar-refractivity contribution in [2.24, 2.45) is 5.92 Å². The Morgan fingerprint density at radius 2 is 1.64 bits per heavy atom. The number of nitrogens with one attached hydrogen (secondary N) is 1. The van der Waals surface area contributed by atoms with Crippen LogP contribution < -0.4 is 5.32 Å². The van der Waals surface area contributed by atoms with Crippen molar-refractivity contribution < 1.29 is 28.6 Å². The van der Waals surface area contributed by atoms with E-state index in [1.165, 1.54) is 19.3 Å². The second-order valence-electron chi connectivity index (χ2n) is 6.60. The van der Waals surface area contributed by atoms with Crippen molar-refractivity contribution in [3.05, 3.63) is 12.2 Å². The number of carbonyl (C=O) groups is 3. The Balaban J connectivity index is 2.16. The number of amides is 1. The second-order valence-corrected chi connectivity index (χ2v) is 6.60. The normalized spacial score (nSPS) is 16.5. The van der Waals surface area contributed by atoms with E-state index >= 15 is 0 Å². The molecule has 1 rings (SSSR count). The summed E-state index contributed by atoms with van der Waals surface area (Å²) in [6.07, 6.45) is 7.10. The molecule has 0 aliphatic heterocycles. The maximum absolute atomic E-state index is 11.7. The zero-order valence-corrected chi connectivity index (χ0v) is 15.3. The Morgan fingerprint density at radius 3 is 2.28 bits per heavy atom. The quantitative estimate of drug-likeness (QED) is 0.409. The maximum Gasteiger partial charge on any atom is 0.407 e. The molecule has 142 valence electrons. The topological polar surface area (TPSA) is 90.9 Å². The maximum atomic E-state index is 11.7. The van der Waals surface area contributed by atoms with Gasteiger partial charge in [0.15, 0.2) is 0 Å². The van der Waals surface area contributed by atoms with Crippen molar-refractivity contribution in [1.82, 2.24) is 5.32 Å². The molecular formula is C18H29NO6. The van der Waals surface area contributed by atoms with Crippen LogP contribution in [0.25, 0.3) is 0 Å². The van der Waals surface area contributed by atoms with Gasteiger partial charge in [-0.25, -0.2) is 14.4 Å². The smallest absolute Gasteiger partial charge is 0.407 e. The van der Waals surface area contributed by atoms with Gasteiger partial charge in [-0.2, -0.15) is 0 Å². The van der Waals surface area contributed by atoms with E-state index in [9.17, 15) is 14.4 Å². The van der Waals surface area contributed by atoms with E-state index in [0.717, 1.165) is 25.0 Å². The third kappa shape index (κ3) is 10.4. The van der Waals surface area contributed by atoms with E-state index in [1.54, 1.807) is 20.8 Å². The van der Waals surface area contributed by atoms with Gasteiger partial charge in [-0.05, 0) is 39.5 Å². The van der Waals surface area contributed by atoms with Gasteiger partial charge in [-0.15, -0.1) is 0 Å². The Hall–Kier alpha value is -2.05. The summed E-state index contributed by atoms with van der Waals surface area (Å²) in [7, 11) is 0. The highest BCUT2D eigenvalue weighted by molar-refractivity contribution is 5.91. The number of carbonyl (C=O) groups excluding carboxylic acids is 3. The lowest BCUT2D eigenvalue weighted by atomic mass is 9.90. The fourth-order valence-corrected chi connectivity index (χ4v) is 2.49. The summed E-state index contributed by atoms with van der Waals surface area (Å²) in [6.45, 7) is 5.54. The van der Waals surface area contributed by atoms with Crippen LogP contribution in [0.4, 0.5) is 4.79 Å². The molecule has 0 bridgehead atoms. The average molecular weight is 355 g/mol. The molecule has 0 aromatic heterocycles. The van der Waals surface area contributed by atoms with Crippen LogP contribution in [-0.4, -0.2) is 43.4 Å². The molecule has 0 aromatic rings. The van der Waals surface area contributed by atoms with Crippen LogP contribution >= 0.6 is 0 Å². The number of hydrogen-bond donors (Lipinski definition) is 1. The molecule has 1 atom stereocenters. The first-order valence-electron chi connectivity index (χ1n) is 8.85. The molecule has 1 aliphatic rings. The van der Waals surface area contributed by atoms with Gasteiger partial charge in [0.05, 0.1) is 18.8 Å². The van der Waals surface area contributed by atoms with E-state index in [4.69, 9.17) is 14.2 Å². The van der Waals surface area contributed by atoms with Crippen LogP contribution in [0.1, 0.15) is 52.9 Å². The fourth-order valence-electron chi connectivity index (χ4n) is 2.49. The molecule has 7 heteroatoms. The molecule has 1 fully saturated rings. The van der Waals surface area contributed by atoms with Gasteiger partial charge in [-0.3, -0.25) is 0 Å². The van der Waals surface area contributed by atoms with Crippen molar-refractivity contribution in [2.75, 3.05) is 13.2 Å². The Labute approximate surface area is 149 Å². The van der Waals surface area contributed by atoms with Gasteiger partial charge in [0.1, 0.15) is 6.61 Å². The van der Waals surface area contributed by atoms with E-state index in [0.29, 0.717) is 12.5 Å². The molecule has 0 spiro atoms. The second kappa shape index (κ2) is 11.5.